The zero-order valence-corrected chi connectivity index (χ0v) is 17.3. The number of fused-ring (bicyclic) bond motifs is 1. The molecule has 160 valence electrons. The van der Waals surface area contributed by atoms with Crippen LogP contribution in [0.15, 0.2) is 33.8 Å². The summed E-state index contributed by atoms with van der Waals surface area (Å²) in [7, 11) is 0. The number of nitrogen functional groups attached to an aromatic ring is 2. The summed E-state index contributed by atoms with van der Waals surface area (Å²) >= 11 is 0. The lowest BCUT2D eigenvalue weighted by Crippen LogP contribution is -2.32. The maximum absolute atomic E-state index is 9.45. The molecule has 11 nitrogen and oxygen atoms in total. The van der Waals surface area contributed by atoms with Crippen LogP contribution in [-0.2, 0) is 6.61 Å². The molecule has 0 aliphatic carbocycles. The molecule has 2 aromatic heterocycles. The van der Waals surface area contributed by atoms with Crippen LogP contribution in [0.5, 0.6) is 5.75 Å². The van der Waals surface area contributed by atoms with Gasteiger partial charge in [-0.05, 0) is 31.5 Å². The average Bonchev–Trinajstić information content (AvgIpc) is 3.09. The molecular formula is C21H19N9O2. The molecule has 1 aromatic carbocycles. The zero-order valence-electron chi connectivity index (χ0n) is 17.3. The van der Waals surface area contributed by atoms with Crippen LogP contribution in [0.3, 0.4) is 0 Å². The Morgan fingerprint density at radius 3 is 2.78 bits per heavy atom. The second-order valence-corrected chi connectivity index (χ2v) is 7.07. The largest absolute Gasteiger partial charge is 0.489 e. The van der Waals surface area contributed by atoms with Crippen LogP contribution in [0, 0.1) is 36.6 Å². The van der Waals surface area contributed by atoms with E-state index in [0.29, 0.717) is 22.9 Å². The summed E-state index contributed by atoms with van der Waals surface area (Å²) in [6, 6.07) is 8.62. The molecule has 1 atom stereocenters. The van der Waals surface area contributed by atoms with Gasteiger partial charge in [-0.1, -0.05) is 17.3 Å². The Morgan fingerprint density at radius 2 is 2.09 bits per heavy atom. The van der Waals surface area contributed by atoms with E-state index in [0.717, 1.165) is 16.8 Å². The highest BCUT2D eigenvalue weighted by atomic mass is 16.5. The van der Waals surface area contributed by atoms with Gasteiger partial charge in [0.05, 0.1) is 16.9 Å². The van der Waals surface area contributed by atoms with Gasteiger partial charge in [-0.3, -0.25) is 5.32 Å². The van der Waals surface area contributed by atoms with Gasteiger partial charge in [0, 0.05) is 5.56 Å². The van der Waals surface area contributed by atoms with E-state index in [2.05, 4.69) is 25.8 Å². The number of guanidine groups is 1. The SMILES string of the molecule is Cc1noc(C)c1COc1cccc(C2N=C(NC#N)Nc3nc(N)c(C#N)c(N)c32)c1. The summed E-state index contributed by atoms with van der Waals surface area (Å²) in [6.07, 6.45) is 1.82. The van der Waals surface area contributed by atoms with Gasteiger partial charge in [0.15, 0.2) is 6.19 Å². The summed E-state index contributed by atoms with van der Waals surface area (Å²) < 4.78 is 11.1. The van der Waals surface area contributed by atoms with E-state index < -0.39 is 6.04 Å². The molecule has 3 heterocycles. The van der Waals surface area contributed by atoms with E-state index >= 15 is 0 Å². The third-order valence-corrected chi connectivity index (χ3v) is 5.10. The number of benzene rings is 1. The smallest absolute Gasteiger partial charge is 0.211 e. The number of aryl methyl sites for hydroxylation is 2. The highest BCUT2D eigenvalue weighted by Gasteiger charge is 2.29. The van der Waals surface area contributed by atoms with Crippen molar-refractivity contribution in [3.8, 4) is 18.0 Å². The van der Waals surface area contributed by atoms with Crippen LogP contribution < -0.4 is 26.8 Å². The molecule has 4 rings (SSSR count). The van der Waals surface area contributed by atoms with Gasteiger partial charge in [0.25, 0.3) is 0 Å². The van der Waals surface area contributed by atoms with Crippen molar-refractivity contribution >= 4 is 23.3 Å². The monoisotopic (exact) mass is 429 g/mol. The van der Waals surface area contributed by atoms with Crippen LogP contribution in [0.2, 0.25) is 0 Å². The third-order valence-electron chi connectivity index (χ3n) is 5.10. The number of pyridine rings is 1. The first-order chi connectivity index (χ1) is 15.4. The molecule has 3 aromatic rings. The van der Waals surface area contributed by atoms with E-state index in [-0.39, 0.29) is 29.6 Å². The van der Waals surface area contributed by atoms with Crippen LogP contribution in [0.4, 0.5) is 17.3 Å². The first kappa shape index (κ1) is 20.5. The predicted molar refractivity (Wildman–Crippen MR) is 116 cm³/mol. The second kappa shape index (κ2) is 8.16. The molecule has 0 saturated carbocycles. The molecule has 1 aliphatic heterocycles. The second-order valence-electron chi connectivity index (χ2n) is 7.07. The fourth-order valence-corrected chi connectivity index (χ4v) is 3.46. The minimum atomic E-state index is -0.648. The van der Waals surface area contributed by atoms with Gasteiger partial charge >= 0.3 is 0 Å². The number of nitrogens with zero attached hydrogens (tertiary/aromatic N) is 5. The minimum Gasteiger partial charge on any atom is -0.489 e. The van der Waals surface area contributed by atoms with Crippen molar-refractivity contribution in [1.29, 1.82) is 10.5 Å². The average molecular weight is 429 g/mol. The lowest BCUT2D eigenvalue weighted by atomic mass is 9.95. The lowest BCUT2D eigenvalue weighted by molar-refractivity contribution is 0.301. The zero-order chi connectivity index (χ0) is 22.8. The predicted octanol–water partition coefficient (Wildman–Crippen LogP) is 2.24. The van der Waals surface area contributed by atoms with Gasteiger partial charge < -0.3 is 26.0 Å². The van der Waals surface area contributed by atoms with Crippen molar-refractivity contribution in [2.45, 2.75) is 26.5 Å². The lowest BCUT2D eigenvalue weighted by Gasteiger charge is -2.26. The van der Waals surface area contributed by atoms with E-state index in [1.807, 2.05) is 50.4 Å². The van der Waals surface area contributed by atoms with Crippen LogP contribution in [0.1, 0.15) is 39.7 Å². The van der Waals surface area contributed by atoms with Crippen molar-refractivity contribution in [2.75, 3.05) is 16.8 Å². The van der Waals surface area contributed by atoms with E-state index in [4.69, 9.17) is 26.0 Å². The summed E-state index contributed by atoms with van der Waals surface area (Å²) in [4.78, 5) is 8.80. The normalized spacial score (nSPS) is 14.4. The number of nitrogens with two attached hydrogens (primary N) is 2. The van der Waals surface area contributed by atoms with Gasteiger partial charge in [-0.2, -0.15) is 10.5 Å². The standard InChI is InChI=1S/C21H19N9O2/c1-10-15(11(2)32-30-10)8-31-13-5-3-4-12(6-13)18-16-17(24)14(7-22)19(25)28-20(16)29-21(27-18)26-9-23/h3-6,18H,8H2,1-2H3,(H6,24,25,26,27,28,29). The summed E-state index contributed by atoms with van der Waals surface area (Å²) in [5, 5.41) is 27.8. The van der Waals surface area contributed by atoms with Crippen molar-refractivity contribution in [3.63, 3.8) is 0 Å². The Kier molecular flexibility index (Phi) is 5.23. The van der Waals surface area contributed by atoms with Crippen LogP contribution in [0.25, 0.3) is 0 Å². The Morgan fingerprint density at radius 1 is 1.28 bits per heavy atom. The molecule has 0 spiro atoms. The van der Waals surface area contributed by atoms with Crippen molar-refractivity contribution in [3.05, 3.63) is 58.0 Å². The highest BCUT2D eigenvalue weighted by molar-refractivity contribution is 5.98. The molecule has 1 aliphatic rings. The van der Waals surface area contributed by atoms with Crippen molar-refractivity contribution < 1.29 is 9.26 Å². The topological polar surface area (TPSA) is 184 Å². The van der Waals surface area contributed by atoms with Gasteiger partial charge in [-0.25, -0.2) is 9.98 Å². The van der Waals surface area contributed by atoms with E-state index in [9.17, 15) is 5.26 Å². The van der Waals surface area contributed by atoms with Gasteiger partial charge in [0.1, 0.15) is 47.4 Å². The highest BCUT2D eigenvalue weighted by Crippen LogP contribution is 2.41. The number of ether oxygens (including phenoxy) is 1. The molecule has 0 radical (unpaired) electrons. The summed E-state index contributed by atoms with van der Waals surface area (Å²) in [5.74, 6) is 1.78. The number of anilines is 3. The minimum absolute atomic E-state index is 0.00949. The third kappa shape index (κ3) is 3.59. The quantitative estimate of drug-likeness (QED) is 0.354. The summed E-state index contributed by atoms with van der Waals surface area (Å²) in [6.45, 7) is 3.97. The van der Waals surface area contributed by atoms with E-state index in [1.54, 1.807) is 0 Å². The molecule has 0 bridgehead atoms. The fraction of sp³-hybridized carbons (Fsp3) is 0.190. The van der Waals surface area contributed by atoms with Gasteiger partial charge in [-0.15, -0.1) is 0 Å². The molecule has 0 fully saturated rings. The fourth-order valence-electron chi connectivity index (χ4n) is 3.46. The molecular weight excluding hydrogens is 410 g/mol. The number of aromatic nitrogens is 2. The number of hydrogen-bond acceptors (Lipinski definition) is 11. The molecule has 6 N–H and O–H groups in total. The maximum atomic E-state index is 9.45. The van der Waals surface area contributed by atoms with Gasteiger partial charge in [0.2, 0.25) is 5.96 Å². The number of rotatable bonds is 4. The van der Waals surface area contributed by atoms with E-state index in [1.165, 1.54) is 0 Å². The Balaban J connectivity index is 1.73. The number of aliphatic imine (C=N–C) groups is 1. The molecule has 32 heavy (non-hydrogen) atoms. The first-order valence-electron chi connectivity index (χ1n) is 9.56. The van der Waals surface area contributed by atoms with Crippen molar-refractivity contribution in [1.82, 2.24) is 15.5 Å². The molecule has 1 unspecified atom stereocenters. The Labute approximate surface area is 183 Å². The maximum Gasteiger partial charge on any atom is 0.211 e. The molecule has 0 amide bonds. The molecule has 11 heteroatoms. The van der Waals surface area contributed by atoms with Crippen LogP contribution in [-0.4, -0.2) is 16.1 Å². The van der Waals surface area contributed by atoms with Crippen molar-refractivity contribution in [2.24, 2.45) is 4.99 Å². The number of nitriles is 2. The Bertz CT molecular complexity index is 1290. The van der Waals surface area contributed by atoms with Crippen LogP contribution >= 0.6 is 0 Å². The Hall–Kier alpha value is -4.77. The number of nitrogens with one attached hydrogen (secondary N) is 2. The number of hydrogen-bond donors (Lipinski definition) is 4. The molecule has 0 saturated heterocycles. The first-order valence-corrected chi connectivity index (χ1v) is 9.56. The summed E-state index contributed by atoms with van der Waals surface area (Å²) in [5.41, 5.74) is 15.3.